The van der Waals surface area contributed by atoms with E-state index in [1.165, 1.54) is 12.1 Å². The third-order valence-electron chi connectivity index (χ3n) is 5.50. The fourth-order valence-corrected chi connectivity index (χ4v) is 4.11. The summed E-state index contributed by atoms with van der Waals surface area (Å²) in [4.78, 5) is 15.3. The first kappa shape index (κ1) is 18.4. The van der Waals surface area contributed by atoms with Crippen LogP contribution in [0.15, 0.2) is 60.7 Å². The van der Waals surface area contributed by atoms with Crippen LogP contribution >= 0.6 is 0 Å². The summed E-state index contributed by atoms with van der Waals surface area (Å²) in [5.41, 5.74) is 14.3. The highest BCUT2D eigenvalue weighted by Gasteiger charge is 2.35. The highest BCUT2D eigenvalue weighted by Crippen LogP contribution is 2.52. The van der Waals surface area contributed by atoms with E-state index in [4.69, 9.17) is 16.2 Å². The first-order chi connectivity index (χ1) is 15.0. The van der Waals surface area contributed by atoms with Gasteiger partial charge in [-0.05, 0) is 10.9 Å². The fourth-order valence-electron chi connectivity index (χ4n) is 4.11. The molecule has 0 fully saturated rings. The molecule has 0 amide bonds. The Labute approximate surface area is 176 Å². The highest BCUT2D eigenvalue weighted by atomic mass is 16.6. The molecule has 2 heterocycles. The highest BCUT2D eigenvalue weighted by molar-refractivity contribution is 5.92. The number of nitrogen functional groups attached to an aromatic ring is 2. The van der Waals surface area contributed by atoms with Crippen molar-refractivity contribution in [1.82, 2.24) is 4.98 Å². The molecule has 8 heteroatoms. The topological polar surface area (TPSA) is 141 Å². The summed E-state index contributed by atoms with van der Waals surface area (Å²) in [7, 11) is 0. The molecule has 31 heavy (non-hydrogen) atoms. The molecule has 8 nitrogen and oxygen atoms in total. The van der Waals surface area contributed by atoms with Crippen LogP contribution in [0.3, 0.4) is 0 Å². The quantitative estimate of drug-likeness (QED) is 0.324. The van der Waals surface area contributed by atoms with Gasteiger partial charge in [-0.2, -0.15) is 10.2 Å². The average molecular weight is 409 g/mol. The van der Waals surface area contributed by atoms with Gasteiger partial charge in [0.25, 0.3) is 5.69 Å². The molecule has 1 unspecified atom stereocenters. The molecular weight excluding hydrogens is 394 g/mol. The second-order valence-electron chi connectivity index (χ2n) is 7.21. The van der Waals surface area contributed by atoms with Gasteiger partial charge in [0.2, 0.25) is 5.88 Å². The van der Waals surface area contributed by atoms with Crippen LogP contribution in [0.1, 0.15) is 28.2 Å². The van der Waals surface area contributed by atoms with Gasteiger partial charge >= 0.3 is 0 Å². The molecular formula is C23H15N5O3. The van der Waals surface area contributed by atoms with Gasteiger partial charge in [-0.3, -0.25) is 10.1 Å². The van der Waals surface area contributed by atoms with Gasteiger partial charge in [0, 0.05) is 29.0 Å². The third-order valence-corrected chi connectivity index (χ3v) is 5.50. The smallest absolute Gasteiger partial charge is 0.269 e. The molecule has 3 aromatic carbocycles. The molecule has 4 N–H and O–H groups in total. The number of ether oxygens (including phenoxy) is 1. The lowest BCUT2D eigenvalue weighted by atomic mass is 9.81. The minimum atomic E-state index is -0.525. The zero-order valence-corrected chi connectivity index (χ0v) is 16.1. The van der Waals surface area contributed by atoms with E-state index in [9.17, 15) is 15.4 Å². The number of nitrogens with two attached hydrogens (primary N) is 2. The van der Waals surface area contributed by atoms with Crippen LogP contribution in [0.2, 0.25) is 0 Å². The lowest BCUT2D eigenvalue weighted by molar-refractivity contribution is -0.384. The number of nitriles is 1. The summed E-state index contributed by atoms with van der Waals surface area (Å²) in [6.45, 7) is 0. The lowest BCUT2D eigenvalue weighted by Crippen LogP contribution is -2.17. The Morgan fingerprint density at radius 3 is 2.68 bits per heavy atom. The predicted octanol–water partition coefficient (Wildman–Crippen LogP) is 4.46. The van der Waals surface area contributed by atoms with E-state index >= 15 is 0 Å². The summed E-state index contributed by atoms with van der Waals surface area (Å²) in [6, 6.07) is 19.9. The molecule has 1 aliphatic heterocycles. The van der Waals surface area contributed by atoms with E-state index in [0.717, 1.165) is 16.3 Å². The fraction of sp³-hybridized carbons (Fsp3) is 0.0435. The maximum absolute atomic E-state index is 11.4. The number of non-ortho nitro benzene ring substituents is 1. The summed E-state index contributed by atoms with van der Waals surface area (Å²) in [5, 5.41) is 22.8. The van der Waals surface area contributed by atoms with Crippen molar-refractivity contribution in [3.05, 3.63) is 93.0 Å². The van der Waals surface area contributed by atoms with E-state index in [-0.39, 0.29) is 28.6 Å². The maximum Gasteiger partial charge on any atom is 0.269 e. The Hall–Kier alpha value is -4.64. The van der Waals surface area contributed by atoms with Gasteiger partial charge in [0.05, 0.1) is 16.2 Å². The Morgan fingerprint density at radius 2 is 1.90 bits per heavy atom. The van der Waals surface area contributed by atoms with E-state index in [1.807, 2.05) is 42.5 Å². The third kappa shape index (κ3) is 2.72. The molecule has 0 spiro atoms. The predicted molar refractivity (Wildman–Crippen MR) is 116 cm³/mol. The van der Waals surface area contributed by atoms with Gasteiger partial charge in [-0.15, -0.1) is 0 Å². The van der Waals surface area contributed by atoms with Gasteiger partial charge in [0.15, 0.2) is 0 Å². The first-order valence-corrected chi connectivity index (χ1v) is 9.42. The normalized spacial score (nSPS) is 14.2. The molecule has 1 aliphatic rings. The Morgan fingerprint density at radius 1 is 1.10 bits per heavy atom. The van der Waals surface area contributed by atoms with Crippen molar-refractivity contribution >= 4 is 28.0 Å². The van der Waals surface area contributed by atoms with Crippen LogP contribution in [-0.4, -0.2) is 9.91 Å². The first-order valence-electron chi connectivity index (χ1n) is 9.42. The number of nitro groups is 1. The molecule has 0 saturated heterocycles. The molecule has 0 saturated carbocycles. The van der Waals surface area contributed by atoms with Crippen LogP contribution in [0, 0.1) is 21.4 Å². The molecule has 1 atom stereocenters. The molecule has 5 rings (SSSR count). The number of rotatable bonds is 2. The second kappa shape index (κ2) is 6.71. The standard InChI is InChI=1S/C23H15N5O3/c24-11-17-20(25)19-18(13-5-3-6-14(10-13)28(29)30)16-9-8-12-4-1-2-7-15(12)21(16)31-23(19)27-22(17)26/h1-10,18H,(H4,25,26,27). The molecule has 0 radical (unpaired) electrons. The van der Waals surface area contributed by atoms with Crippen LogP contribution in [0.25, 0.3) is 10.8 Å². The van der Waals surface area contributed by atoms with E-state index < -0.39 is 10.8 Å². The van der Waals surface area contributed by atoms with Crippen molar-refractivity contribution in [2.45, 2.75) is 5.92 Å². The van der Waals surface area contributed by atoms with E-state index in [1.54, 1.807) is 12.1 Å². The number of pyridine rings is 1. The summed E-state index contributed by atoms with van der Waals surface area (Å²) >= 11 is 0. The van der Waals surface area contributed by atoms with Crippen molar-refractivity contribution in [2.75, 3.05) is 11.5 Å². The van der Waals surface area contributed by atoms with Crippen molar-refractivity contribution in [1.29, 1.82) is 5.26 Å². The lowest BCUT2D eigenvalue weighted by Gasteiger charge is -2.30. The van der Waals surface area contributed by atoms with Gasteiger partial charge in [-0.25, -0.2) is 0 Å². The number of fused-ring (bicyclic) bond motifs is 4. The molecule has 0 bridgehead atoms. The Bertz CT molecular complexity index is 1440. The zero-order chi connectivity index (χ0) is 21.7. The molecule has 1 aromatic heterocycles. The minimum absolute atomic E-state index is 0.0276. The van der Waals surface area contributed by atoms with Crippen molar-refractivity contribution in [3.8, 4) is 17.7 Å². The largest absolute Gasteiger partial charge is 0.438 e. The zero-order valence-electron chi connectivity index (χ0n) is 16.1. The van der Waals surface area contributed by atoms with Crippen molar-refractivity contribution < 1.29 is 9.66 Å². The molecule has 0 aliphatic carbocycles. The minimum Gasteiger partial charge on any atom is -0.438 e. The summed E-state index contributed by atoms with van der Waals surface area (Å²) in [6.07, 6.45) is 0. The number of nitrogens with zero attached hydrogens (tertiary/aromatic N) is 3. The van der Waals surface area contributed by atoms with Crippen LogP contribution < -0.4 is 16.2 Å². The van der Waals surface area contributed by atoms with Gasteiger partial charge in [0.1, 0.15) is 23.2 Å². The number of anilines is 2. The SMILES string of the molecule is N#Cc1c(N)nc2c(c1N)C(c1cccc([N+](=O)[O-])c1)c1ccc3ccccc3c1O2. The number of hydrogen-bond donors (Lipinski definition) is 2. The summed E-state index contributed by atoms with van der Waals surface area (Å²) < 4.78 is 6.17. The number of benzene rings is 3. The van der Waals surface area contributed by atoms with Crippen LogP contribution in [0.5, 0.6) is 11.6 Å². The van der Waals surface area contributed by atoms with E-state index in [2.05, 4.69) is 4.98 Å². The van der Waals surface area contributed by atoms with Gasteiger partial charge < -0.3 is 16.2 Å². The Balaban J connectivity index is 1.87. The average Bonchev–Trinajstić information content (AvgIpc) is 2.78. The Kier molecular flexibility index (Phi) is 3.98. The van der Waals surface area contributed by atoms with Crippen molar-refractivity contribution in [2.24, 2.45) is 0 Å². The van der Waals surface area contributed by atoms with E-state index in [0.29, 0.717) is 16.9 Å². The van der Waals surface area contributed by atoms with Crippen LogP contribution in [0.4, 0.5) is 17.2 Å². The molecule has 4 aromatic rings. The second-order valence-corrected chi connectivity index (χ2v) is 7.21. The number of nitro benzene ring substituents is 1. The number of aromatic nitrogens is 1. The maximum atomic E-state index is 11.4. The van der Waals surface area contributed by atoms with Gasteiger partial charge in [-0.1, -0.05) is 48.5 Å². The molecule has 150 valence electrons. The number of hydrogen-bond acceptors (Lipinski definition) is 7. The summed E-state index contributed by atoms with van der Waals surface area (Å²) in [5.74, 6) is 0.219. The van der Waals surface area contributed by atoms with Crippen molar-refractivity contribution in [3.63, 3.8) is 0 Å². The van der Waals surface area contributed by atoms with Crippen LogP contribution in [-0.2, 0) is 0 Å². The monoisotopic (exact) mass is 409 g/mol.